The predicted molar refractivity (Wildman–Crippen MR) is 108 cm³/mol. The maximum atomic E-state index is 14.3. The molecule has 1 aromatic heterocycles. The Hall–Kier alpha value is -2.87. The number of rotatable bonds is 8. The van der Waals surface area contributed by atoms with E-state index < -0.39 is 17.7 Å². The fourth-order valence-electron chi connectivity index (χ4n) is 2.92. The Morgan fingerprint density at radius 2 is 1.86 bits per heavy atom. The third kappa shape index (κ3) is 4.95. The van der Waals surface area contributed by atoms with Crippen molar-refractivity contribution in [1.29, 1.82) is 0 Å². The van der Waals surface area contributed by atoms with Gasteiger partial charge in [-0.2, -0.15) is 8.75 Å². The van der Waals surface area contributed by atoms with E-state index in [9.17, 15) is 14.0 Å². The van der Waals surface area contributed by atoms with Crippen LogP contribution in [0.15, 0.2) is 36.4 Å². The normalized spacial score (nSPS) is 12.2. The highest BCUT2D eigenvalue weighted by atomic mass is 32.1. The number of carbonyl (C=O) groups excluding carboxylic acids is 2. The van der Waals surface area contributed by atoms with Crippen molar-refractivity contribution in [2.75, 3.05) is 6.61 Å². The van der Waals surface area contributed by atoms with Gasteiger partial charge in [0.2, 0.25) is 0 Å². The molecule has 0 spiro atoms. The first-order chi connectivity index (χ1) is 13.9. The quantitative estimate of drug-likeness (QED) is 0.396. The number of benzene rings is 2. The smallest absolute Gasteiger partial charge is 0.313 e. The maximum absolute atomic E-state index is 14.3. The summed E-state index contributed by atoms with van der Waals surface area (Å²) in [5.41, 5.74) is 2.15. The molecule has 8 heteroatoms. The summed E-state index contributed by atoms with van der Waals surface area (Å²) in [4.78, 5) is 25.3. The number of halogens is 1. The van der Waals surface area contributed by atoms with Gasteiger partial charge in [0.1, 0.15) is 11.0 Å². The molecular weight excluding hydrogens is 395 g/mol. The van der Waals surface area contributed by atoms with Crippen LogP contribution >= 0.6 is 11.7 Å². The molecule has 0 bridgehead atoms. The first-order valence-electron chi connectivity index (χ1n) is 9.27. The molecule has 0 amide bonds. The molecule has 0 saturated carbocycles. The molecule has 0 aliphatic carbocycles. The van der Waals surface area contributed by atoms with Crippen LogP contribution in [-0.4, -0.2) is 33.2 Å². The van der Waals surface area contributed by atoms with Gasteiger partial charge in [0.25, 0.3) is 0 Å². The molecule has 1 unspecified atom stereocenters. The van der Waals surface area contributed by atoms with E-state index in [0.717, 1.165) is 23.3 Å². The van der Waals surface area contributed by atoms with Gasteiger partial charge in [-0.25, -0.2) is 4.39 Å². The fourth-order valence-corrected chi connectivity index (χ4v) is 3.44. The predicted octanol–water partition coefficient (Wildman–Crippen LogP) is 4.54. The van der Waals surface area contributed by atoms with Crippen LogP contribution in [0.1, 0.15) is 49.0 Å². The van der Waals surface area contributed by atoms with Gasteiger partial charge in [-0.3, -0.25) is 9.59 Å². The van der Waals surface area contributed by atoms with Crippen LogP contribution in [0.3, 0.4) is 0 Å². The highest BCUT2D eigenvalue weighted by Crippen LogP contribution is 2.28. The SMILES string of the molecule is CCOC(=O)C(CC(=O)c1ccc(OC(C)C)c(F)c1)c1ccc2nsnc2c1. The highest BCUT2D eigenvalue weighted by Gasteiger charge is 2.27. The minimum Gasteiger partial charge on any atom is -0.488 e. The number of hydrogen-bond acceptors (Lipinski definition) is 7. The van der Waals surface area contributed by atoms with Crippen LogP contribution in [-0.2, 0) is 9.53 Å². The van der Waals surface area contributed by atoms with E-state index in [-0.39, 0.29) is 36.2 Å². The van der Waals surface area contributed by atoms with Crippen LogP contribution in [0.2, 0.25) is 0 Å². The number of ketones is 1. The first kappa shape index (κ1) is 20.9. The molecule has 1 heterocycles. The molecular formula is C21H21FN2O4S. The van der Waals surface area contributed by atoms with E-state index >= 15 is 0 Å². The Balaban J connectivity index is 1.86. The Morgan fingerprint density at radius 1 is 1.10 bits per heavy atom. The second-order valence-corrected chi connectivity index (χ2v) is 7.28. The van der Waals surface area contributed by atoms with E-state index in [4.69, 9.17) is 9.47 Å². The zero-order valence-electron chi connectivity index (χ0n) is 16.3. The molecule has 1 atom stereocenters. The largest absolute Gasteiger partial charge is 0.488 e. The van der Waals surface area contributed by atoms with Crippen LogP contribution in [0.5, 0.6) is 5.75 Å². The van der Waals surface area contributed by atoms with Gasteiger partial charge in [0.15, 0.2) is 17.3 Å². The highest BCUT2D eigenvalue weighted by molar-refractivity contribution is 7.00. The molecule has 0 aliphatic heterocycles. The lowest BCUT2D eigenvalue weighted by Crippen LogP contribution is -2.19. The monoisotopic (exact) mass is 416 g/mol. The van der Waals surface area contributed by atoms with E-state index in [2.05, 4.69) is 8.75 Å². The van der Waals surface area contributed by atoms with Gasteiger partial charge in [-0.1, -0.05) is 6.07 Å². The minimum absolute atomic E-state index is 0.0833. The standard InChI is InChI=1S/C21H21FN2O4S/c1-4-27-21(26)15(13-5-7-17-18(10-13)24-29-23-17)11-19(25)14-6-8-20(16(22)9-14)28-12(2)3/h5-10,12,15H,4,11H2,1-3H3. The molecule has 2 aromatic carbocycles. The molecule has 0 aliphatic rings. The summed E-state index contributed by atoms with van der Waals surface area (Å²) >= 11 is 1.07. The van der Waals surface area contributed by atoms with Crippen molar-refractivity contribution in [3.05, 3.63) is 53.3 Å². The number of nitrogens with zero attached hydrogens (tertiary/aromatic N) is 2. The molecule has 3 aromatic rings. The number of fused-ring (bicyclic) bond motifs is 1. The Labute approximate surface area is 172 Å². The summed E-state index contributed by atoms with van der Waals surface area (Å²) in [7, 11) is 0. The summed E-state index contributed by atoms with van der Waals surface area (Å²) in [5, 5.41) is 0. The topological polar surface area (TPSA) is 78.4 Å². The van der Waals surface area contributed by atoms with Gasteiger partial charge in [0, 0.05) is 12.0 Å². The third-order valence-electron chi connectivity index (χ3n) is 4.26. The van der Waals surface area contributed by atoms with Crippen molar-refractivity contribution in [3.8, 4) is 5.75 Å². The molecule has 0 saturated heterocycles. The maximum Gasteiger partial charge on any atom is 0.313 e. The van der Waals surface area contributed by atoms with Crippen molar-refractivity contribution in [2.45, 2.75) is 39.2 Å². The average Bonchev–Trinajstić information content (AvgIpc) is 3.15. The number of esters is 1. The van der Waals surface area contributed by atoms with Crippen LogP contribution in [0.25, 0.3) is 11.0 Å². The minimum atomic E-state index is -0.816. The average molecular weight is 416 g/mol. The summed E-state index contributed by atoms with van der Waals surface area (Å²) in [6.07, 6.45) is -0.333. The van der Waals surface area contributed by atoms with Gasteiger partial charge < -0.3 is 9.47 Å². The molecule has 0 radical (unpaired) electrons. The second-order valence-electron chi connectivity index (χ2n) is 6.76. The van der Waals surface area contributed by atoms with E-state index in [1.165, 1.54) is 12.1 Å². The molecule has 0 fully saturated rings. The molecule has 0 N–H and O–H groups in total. The van der Waals surface area contributed by atoms with Gasteiger partial charge in [-0.05, 0) is 56.7 Å². The summed E-state index contributed by atoms with van der Waals surface area (Å²) < 4.78 is 33.1. The van der Waals surface area contributed by atoms with Crippen LogP contribution in [0, 0.1) is 5.82 Å². The number of Topliss-reactive ketones (excluding diaryl/α,β-unsaturated/α-hetero) is 1. The number of ether oxygens (including phenoxy) is 2. The number of hydrogen-bond donors (Lipinski definition) is 0. The molecule has 6 nitrogen and oxygen atoms in total. The fraction of sp³-hybridized carbons (Fsp3) is 0.333. The van der Waals surface area contributed by atoms with E-state index in [1.54, 1.807) is 39.0 Å². The number of aromatic nitrogens is 2. The summed E-state index contributed by atoms with van der Waals surface area (Å²) in [5.74, 6) is -2.23. The lowest BCUT2D eigenvalue weighted by atomic mass is 9.91. The van der Waals surface area contributed by atoms with Crippen molar-refractivity contribution in [3.63, 3.8) is 0 Å². The summed E-state index contributed by atoms with van der Waals surface area (Å²) in [6.45, 7) is 5.47. The van der Waals surface area contributed by atoms with Crippen LogP contribution < -0.4 is 4.74 Å². The van der Waals surface area contributed by atoms with Crippen LogP contribution in [0.4, 0.5) is 4.39 Å². The van der Waals surface area contributed by atoms with E-state index in [1.807, 2.05) is 0 Å². The molecule has 152 valence electrons. The summed E-state index contributed by atoms with van der Waals surface area (Å²) in [6, 6.07) is 9.28. The zero-order valence-corrected chi connectivity index (χ0v) is 17.2. The van der Waals surface area contributed by atoms with Gasteiger partial charge in [-0.15, -0.1) is 0 Å². The number of carbonyl (C=O) groups is 2. The Bertz CT molecular complexity index is 1030. The molecule has 3 rings (SSSR count). The van der Waals surface area contributed by atoms with Gasteiger partial charge in [0.05, 0.1) is 30.4 Å². The van der Waals surface area contributed by atoms with Crippen molar-refractivity contribution < 1.29 is 23.5 Å². The van der Waals surface area contributed by atoms with Gasteiger partial charge >= 0.3 is 5.97 Å². The Kier molecular flexibility index (Phi) is 6.53. The van der Waals surface area contributed by atoms with Crippen molar-refractivity contribution >= 4 is 34.5 Å². The second kappa shape index (κ2) is 9.09. The Morgan fingerprint density at radius 3 is 2.55 bits per heavy atom. The lowest BCUT2D eigenvalue weighted by Gasteiger charge is -2.16. The van der Waals surface area contributed by atoms with Crippen molar-refractivity contribution in [1.82, 2.24) is 8.75 Å². The zero-order chi connectivity index (χ0) is 21.0. The lowest BCUT2D eigenvalue weighted by molar-refractivity contribution is -0.144. The van der Waals surface area contributed by atoms with E-state index in [0.29, 0.717) is 11.1 Å². The first-order valence-corrected chi connectivity index (χ1v) is 10.00. The molecule has 29 heavy (non-hydrogen) atoms. The third-order valence-corrected chi connectivity index (χ3v) is 4.81. The van der Waals surface area contributed by atoms with Crippen molar-refractivity contribution in [2.24, 2.45) is 0 Å².